The lowest BCUT2D eigenvalue weighted by Gasteiger charge is -2.19. The Kier molecular flexibility index (Phi) is 8.45. The molecule has 1 unspecified atom stereocenters. The minimum Gasteiger partial charge on any atom is -0.486 e. The molecule has 166 valence electrons. The lowest BCUT2D eigenvalue weighted by atomic mass is 10.0. The average Bonchev–Trinajstić information content (AvgIpc) is 3.18. The maximum absolute atomic E-state index is 12.5. The number of hydrogen-bond donors (Lipinski definition) is 2. The number of benzene rings is 1. The lowest BCUT2D eigenvalue weighted by Crippen LogP contribution is -2.48. The fourth-order valence-corrected chi connectivity index (χ4v) is 4.45. The number of nitrogens with one attached hydrogen (secondary N) is 2. The minimum absolute atomic E-state index is 0.207. The molecule has 2 aromatic rings. The number of aromatic nitrogens is 2. The fourth-order valence-electron chi connectivity index (χ4n) is 3.34. The molecule has 2 heterocycles. The number of hydrogen-bond acceptors (Lipinski definition) is 7. The molecular weight excluding hydrogens is 456 g/mol. The van der Waals surface area contributed by atoms with E-state index in [2.05, 4.69) is 20.6 Å². The summed E-state index contributed by atoms with van der Waals surface area (Å²) in [4.78, 5) is 32.7. The first-order chi connectivity index (χ1) is 14.9. The van der Waals surface area contributed by atoms with Crippen LogP contribution in [0.1, 0.15) is 18.9 Å². The van der Waals surface area contributed by atoms with Gasteiger partial charge in [-0.15, -0.1) is 0 Å². The minimum atomic E-state index is -0.549. The van der Waals surface area contributed by atoms with Crippen LogP contribution in [0.3, 0.4) is 0 Å². The third-order valence-corrected chi connectivity index (χ3v) is 6.26. The van der Waals surface area contributed by atoms with Crippen LogP contribution in [0, 0.1) is 0 Å². The van der Waals surface area contributed by atoms with Crippen LogP contribution in [-0.4, -0.2) is 58.7 Å². The second-order valence-corrected chi connectivity index (χ2v) is 9.26. The Balaban J connectivity index is 1.65. The first kappa shape index (κ1) is 23.7. The molecule has 1 aromatic heterocycles. The van der Waals surface area contributed by atoms with Crippen LogP contribution in [0.5, 0.6) is 5.75 Å². The van der Waals surface area contributed by atoms with Gasteiger partial charge in [0.1, 0.15) is 17.9 Å². The number of nitrogens with zero attached hydrogens (tertiary/aromatic N) is 2. The number of carbonyl (C=O) groups is 2. The molecule has 10 heteroatoms. The van der Waals surface area contributed by atoms with Gasteiger partial charge in [-0.2, -0.15) is 11.8 Å². The van der Waals surface area contributed by atoms with Crippen LogP contribution < -0.4 is 15.4 Å². The number of amides is 2. The molecule has 7 nitrogen and oxygen atoms in total. The summed E-state index contributed by atoms with van der Waals surface area (Å²) >= 11 is 9.59. The van der Waals surface area contributed by atoms with Crippen molar-refractivity contribution in [2.24, 2.45) is 0 Å². The molecule has 31 heavy (non-hydrogen) atoms. The molecule has 1 aromatic carbocycles. The third kappa shape index (κ3) is 6.27. The summed E-state index contributed by atoms with van der Waals surface area (Å²) in [5, 5.41) is 6.82. The van der Waals surface area contributed by atoms with Crippen molar-refractivity contribution in [3.05, 3.63) is 35.0 Å². The van der Waals surface area contributed by atoms with Gasteiger partial charge in [0.05, 0.1) is 17.3 Å². The van der Waals surface area contributed by atoms with Crippen molar-refractivity contribution < 1.29 is 14.3 Å². The predicted octanol–water partition coefficient (Wildman–Crippen LogP) is 3.20. The van der Waals surface area contributed by atoms with Gasteiger partial charge in [0.2, 0.25) is 11.8 Å². The highest BCUT2D eigenvalue weighted by molar-refractivity contribution is 7.98. The van der Waals surface area contributed by atoms with Crippen molar-refractivity contribution in [1.82, 2.24) is 20.6 Å². The first-order valence-electron chi connectivity index (χ1n) is 9.81. The SMILES string of the molecule is CSCC[C@H](NC(C)=O)C(=O)NCC1Cc2cc(-c3ccnc(SC)n3)cc(Cl)c2O1. The summed E-state index contributed by atoms with van der Waals surface area (Å²) in [5.41, 5.74) is 2.68. The van der Waals surface area contributed by atoms with Crippen molar-refractivity contribution in [3.63, 3.8) is 0 Å². The van der Waals surface area contributed by atoms with Crippen molar-refractivity contribution in [2.45, 2.75) is 37.1 Å². The highest BCUT2D eigenvalue weighted by Crippen LogP contribution is 2.39. The standard InChI is InChI=1S/C21H25ClN4O3S2/c1-12(27)25-18(5-7-30-2)20(28)24-11-15-9-14-8-13(10-16(22)19(14)29-15)17-4-6-23-21(26-17)31-3/h4,6,8,10,15,18H,5,7,9,11H2,1-3H3,(H,24,28)(H,25,27)/t15?,18-/m0/s1. The van der Waals surface area contributed by atoms with Crippen LogP contribution in [0.25, 0.3) is 11.3 Å². The summed E-state index contributed by atoms with van der Waals surface area (Å²) in [5.74, 6) is 0.994. The first-order valence-corrected chi connectivity index (χ1v) is 12.8. The number of rotatable bonds is 9. The van der Waals surface area contributed by atoms with Gasteiger partial charge in [0.25, 0.3) is 0 Å². The van der Waals surface area contributed by atoms with Gasteiger partial charge in [-0.3, -0.25) is 9.59 Å². The molecular formula is C21H25ClN4O3S2. The molecule has 0 aliphatic carbocycles. The Morgan fingerprint density at radius 1 is 1.35 bits per heavy atom. The van der Waals surface area contributed by atoms with E-state index in [1.807, 2.05) is 30.7 Å². The number of fused-ring (bicyclic) bond motifs is 1. The zero-order chi connectivity index (χ0) is 22.4. The van der Waals surface area contributed by atoms with Gasteiger partial charge in [-0.25, -0.2) is 9.97 Å². The van der Waals surface area contributed by atoms with Gasteiger partial charge in [-0.1, -0.05) is 23.4 Å². The monoisotopic (exact) mass is 480 g/mol. The van der Waals surface area contributed by atoms with E-state index in [9.17, 15) is 9.59 Å². The van der Waals surface area contributed by atoms with E-state index in [1.54, 1.807) is 18.0 Å². The topological polar surface area (TPSA) is 93.2 Å². The molecule has 2 N–H and O–H groups in total. The molecule has 2 amide bonds. The average molecular weight is 481 g/mol. The van der Waals surface area contributed by atoms with Gasteiger partial charge < -0.3 is 15.4 Å². The zero-order valence-electron chi connectivity index (χ0n) is 17.6. The van der Waals surface area contributed by atoms with E-state index >= 15 is 0 Å². The molecule has 1 aliphatic rings. The van der Waals surface area contributed by atoms with Gasteiger partial charge in [0.15, 0.2) is 5.16 Å². The maximum Gasteiger partial charge on any atom is 0.242 e. The Morgan fingerprint density at radius 2 is 2.16 bits per heavy atom. The Labute approximate surface area is 195 Å². The maximum atomic E-state index is 12.5. The number of carbonyl (C=O) groups excluding carboxylic acids is 2. The second-order valence-electron chi connectivity index (χ2n) is 7.10. The highest BCUT2D eigenvalue weighted by Gasteiger charge is 2.28. The summed E-state index contributed by atoms with van der Waals surface area (Å²) in [6.07, 6.45) is 6.60. The molecule has 3 rings (SSSR count). The summed E-state index contributed by atoms with van der Waals surface area (Å²) in [6.45, 7) is 1.74. The normalized spacial score (nSPS) is 15.7. The molecule has 0 saturated heterocycles. The van der Waals surface area contributed by atoms with E-state index < -0.39 is 6.04 Å². The van der Waals surface area contributed by atoms with E-state index in [4.69, 9.17) is 16.3 Å². The Morgan fingerprint density at radius 3 is 2.87 bits per heavy atom. The highest BCUT2D eigenvalue weighted by atomic mass is 35.5. The van der Waals surface area contributed by atoms with Gasteiger partial charge in [-0.05, 0) is 42.9 Å². The molecule has 0 radical (unpaired) electrons. The van der Waals surface area contributed by atoms with E-state index in [-0.39, 0.29) is 17.9 Å². The number of thioether (sulfide) groups is 2. The largest absolute Gasteiger partial charge is 0.486 e. The fraction of sp³-hybridized carbons (Fsp3) is 0.429. The van der Waals surface area contributed by atoms with Gasteiger partial charge >= 0.3 is 0 Å². The van der Waals surface area contributed by atoms with Crippen LogP contribution in [0.4, 0.5) is 0 Å². The molecule has 0 spiro atoms. The van der Waals surface area contributed by atoms with Crippen LogP contribution >= 0.6 is 35.1 Å². The molecule has 0 saturated carbocycles. The summed E-state index contributed by atoms with van der Waals surface area (Å²) in [7, 11) is 0. The van der Waals surface area contributed by atoms with E-state index in [0.29, 0.717) is 35.3 Å². The van der Waals surface area contributed by atoms with Crippen molar-refractivity contribution in [3.8, 4) is 17.0 Å². The molecule has 0 fully saturated rings. The van der Waals surface area contributed by atoms with Gasteiger partial charge in [0, 0.05) is 30.7 Å². The molecule has 0 bridgehead atoms. The zero-order valence-corrected chi connectivity index (χ0v) is 20.0. The van der Waals surface area contributed by atoms with Crippen molar-refractivity contribution in [1.29, 1.82) is 0 Å². The lowest BCUT2D eigenvalue weighted by molar-refractivity contribution is -0.128. The summed E-state index contributed by atoms with van der Waals surface area (Å²) in [6, 6.07) is 5.16. The molecule has 1 aliphatic heterocycles. The Bertz CT molecular complexity index is 960. The number of halogens is 1. The van der Waals surface area contributed by atoms with Crippen LogP contribution in [0.15, 0.2) is 29.6 Å². The second kappa shape index (κ2) is 11.1. The van der Waals surface area contributed by atoms with Crippen LogP contribution in [-0.2, 0) is 16.0 Å². The third-order valence-electron chi connectivity index (χ3n) is 4.77. The summed E-state index contributed by atoms with van der Waals surface area (Å²) < 4.78 is 5.99. The van der Waals surface area contributed by atoms with Crippen molar-refractivity contribution in [2.75, 3.05) is 24.8 Å². The van der Waals surface area contributed by atoms with Crippen LogP contribution in [0.2, 0.25) is 5.02 Å². The smallest absolute Gasteiger partial charge is 0.242 e. The quantitative estimate of drug-likeness (QED) is 0.420. The van der Waals surface area contributed by atoms with E-state index in [0.717, 1.165) is 22.6 Å². The number of ether oxygens (including phenoxy) is 1. The molecule has 2 atom stereocenters. The Hall–Kier alpha value is -1.97. The van der Waals surface area contributed by atoms with E-state index in [1.165, 1.54) is 18.7 Å². The van der Waals surface area contributed by atoms with Crippen molar-refractivity contribution >= 4 is 46.9 Å². The predicted molar refractivity (Wildman–Crippen MR) is 126 cm³/mol.